The lowest BCUT2D eigenvalue weighted by Gasteiger charge is -2.24. The molecule has 0 aromatic carbocycles. The van der Waals surface area contributed by atoms with Gasteiger partial charge in [0.05, 0.1) is 27.1 Å². The second-order valence-corrected chi connectivity index (χ2v) is 4.39. The van der Waals surface area contributed by atoms with Gasteiger partial charge in [-0.2, -0.15) is 0 Å². The van der Waals surface area contributed by atoms with Crippen LogP contribution in [-0.4, -0.2) is 73.1 Å². The van der Waals surface area contributed by atoms with Crippen molar-refractivity contribution < 1.29 is 34.1 Å². The van der Waals surface area contributed by atoms with Crippen LogP contribution < -0.4 is 5.11 Å². The third kappa shape index (κ3) is 5.64. The maximum Gasteiger partial charge on any atom is 0.338 e. The predicted octanol–water partition coefficient (Wildman–Crippen LogP) is -3.29. The van der Waals surface area contributed by atoms with Crippen LogP contribution in [0, 0.1) is 0 Å². The summed E-state index contributed by atoms with van der Waals surface area (Å²) in [5.41, 5.74) is 0. The van der Waals surface area contributed by atoms with E-state index in [1.165, 1.54) is 0 Å². The Labute approximate surface area is 93.4 Å². The topological polar surface area (TPSA) is 107 Å². The Hall–Kier alpha value is -1.18. The number of carboxylic acid groups (broad SMARTS) is 1. The standard InChI is InChI=1S/C9H17NO6/c1-10(2,3)4-5-16-9(15)7(12)6(11)8(13)14/h6-7,11-12H,4-5H2,1-3H3/t6-,7+/m0/s1. The Morgan fingerprint density at radius 2 is 1.75 bits per heavy atom. The normalized spacial score (nSPS) is 15.3. The number of hydrogen-bond donors (Lipinski definition) is 2. The van der Waals surface area contributed by atoms with Gasteiger partial charge in [-0.3, -0.25) is 0 Å². The lowest BCUT2D eigenvalue weighted by atomic mass is 10.2. The number of carbonyl (C=O) groups excluding carboxylic acids is 2. The quantitative estimate of drug-likeness (QED) is 0.369. The molecule has 0 saturated carbocycles. The van der Waals surface area contributed by atoms with Crippen LogP contribution in [0.4, 0.5) is 0 Å². The maximum atomic E-state index is 11.0. The lowest BCUT2D eigenvalue weighted by Crippen LogP contribution is -2.48. The van der Waals surface area contributed by atoms with E-state index in [9.17, 15) is 14.7 Å². The molecule has 2 atom stereocenters. The zero-order chi connectivity index (χ0) is 12.9. The van der Waals surface area contributed by atoms with Crippen LogP contribution in [0.1, 0.15) is 0 Å². The summed E-state index contributed by atoms with van der Waals surface area (Å²) in [7, 11) is 5.63. The van der Waals surface area contributed by atoms with Gasteiger partial charge in [0.15, 0.2) is 6.10 Å². The molecule has 0 fully saturated rings. The van der Waals surface area contributed by atoms with Crippen molar-refractivity contribution in [2.45, 2.75) is 12.2 Å². The van der Waals surface area contributed by atoms with Gasteiger partial charge in [0, 0.05) is 0 Å². The van der Waals surface area contributed by atoms with Gasteiger partial charge in [-0.25, -0.2) is 4.79 Å². The molecule has 0 heterocycles. The van der Waals surface area contributed by atoms with Gasteiger partial charge in [0.1, 0.15) is 19.3 Å². The third-order valence-corrected chi connectivity index (χ3v) is 1.79. The summed E-state index contributed by atoms with van der Waals surface area (Å²) < 4.78 is 5.14. The number of nitrogens with zero attached hydrogens (tertiary/aromatic N) is 1. The van der Waals surface area contributed by atoms with E-state index < -0.39 is 24.1 Å². The van der Waals surface area contributed by atoms with E-state index in [1.807, 2.05) is 21.1 Å². The number of carboxylic acids is 1. The van der Waals surface area contributed by atoms with E-state index >= 15 is 0 Å². The van der Waals surface area contributed by atoms with Crippen LogP contribution >= 0.6 is 0 Å². The summed E-state index contributed by atoms with van der Waals surface area (Å²) >= 11 is 0. The molecule has 0 aromatic heterocycles. The molecule has 0 aliphatic heterocycles. The smallest absolute Gasteiger partial charge is 0.338 e. The monoisotopic (exact) mass is 235 g/mol. The van der Waals surface area contributed by atoms with Gasteiger partial charge < -0.3 is 29.3 Å². The first-order valence-electron chi connectivity index (χ1n) is 4.69. The molecule has 0 aromatic rings. The molecule has 0 aliphatic carbocycles. The number of hydrogen-bond acceptors (Lipinski definition) is 6. The zero-order valence-electron chi connectivity index (χ0n) is 9.54. The van der Waals surface area contributed by atoms with Crippen molar-refractivity contribution in [3.8, 4) is 0 Å². The Balaban J connectivity index is 4.03. The van der Waals surface area contributed by atoms with Crippen LogP contribution in [0.25, 0.3) is 0 Å². The Kier molecular flexibility index (Phi) is 5.36. The third-order valence-electron chi connectivity index (χ3n) is 1.79. The fourth-order valence-electron chi connectivity index (χ4n) is 0.763. The van der Waals surface area contributed by atoms with Crippen LogP contribution in [0.2, 0.25) is 0 Å². The molecule has 94 valence electrons. The molecule has 7 heteroatoms. The number of aliphatic hydroxyl groups is 2. The molecular weight excluding hydrogens is 218 g/mol. The van der Waals surface area contributed by atoms with E-state index in [0.717, 1.165) is 0 Å². The summed E-state index contributed by atoms with van der Waals surface area (Å²) in [6, 6.07) is 0. The number of likely N-dealkylation sites (N-methyl/N-ethyl adjacent to an activating group) is 1. The molecule has 0 saturated heterocycles. The predicted molar refractivity (Wildman–Crippen MR) is 50.9 cm³/mol. The average molecular weight is 235 g/mol. The van der Waals surface area contributed by atoms with Crippen molar-refractivity contribution >= 4 is 11.9 Å². The van der Waals surface area contributed by atoms with E-state index in [0.29, 0.717) is 11.0 Å². The zero-order valence-corrected chi connectivity index (χ0v) is 9.54. The summed E-state index contributed by atoms with van der Waals surface area (Å²) in [5.74, 6) is -3.10. The van der Waals surface area contributed by atoms with Crippen molar-refractivity contribution in [1.29, 1.82) is 0 Å². The number of rotatable bonds is 6. The highest BCUT2D eigenvalue weighted by Gasteiger charge is 2.27. The molecule has 0 spiro atoms. The minimum absolute atomic E-state index is 0.0269. The number of esters is 1. The molecule has 0 bridgehead atoms. The van der Waals surface area contributed by atoms with Gasteiger partial charge in [0.2, 0.25) is 0 Å². The van der Waals surface area contributed by atoms with E-state index in [-0.39, 0.29) is 6.61 Å². The van der Waals surface area contributed by atoms with Gasteiger partial charge in [-0.05, 0) is 0 Å². The molecule has 2 N–H and O–H groups in total. The van der Waals surface area contributed by atoms with Gasteiger partial charge in [0.25, 0.3) is 0 Å². The first-order chi connectivity index (χ1) is 7.15. The Morgan fingerprint density at radius 1 is 1.25 bits per heavy atom. The highest BCUT2D eigenvalue weighted by atomic mass is 16.6. The van der Waals surface area contributed by atoms with Crippen molar-refractivity contribution in [2.24, 2.45) is 0 Å². The second kappa shape index (κ2) is 5.78. The summed E-state index contributed by atoms with van der Waals surface area (Å²) in [4.78, 5) is 21.2. The van der Waals surface area contributed by atoms with Gasteiger partial charge in [-0.15, -0.1) is 0 Å². The van der Waals surface area contributed by atoms with E-state index in [2.05, 4.69) is 4.74 Å². The van der Waals surface area contributed by atoms with Crippen LogP contribution in [0.5, 0.6) is 0 Å². The largest absolute Gasteiger partial charge is 0.547 e. The highest BCUT2D eigenvalue weighted by Crippen LogP contribution is 1.97. The summed E-state index contributed by atoms with van der Waals surface area (Å²) in [5, 5.41) is 28.0. The number of aliphatic carboxylic acids is 1. The first kappa shape index (κ1) is 14.8. The van der Waals surface area contributed by atoms with Crippen molar-refractivity contribution in [2.75, 3.05) is 34.3 Å². The van der Waals surface area contributed by atoms with Crippen LogP contribution in [-0.2, 0) is 14.3 Å². The molecule has 0 radical (unpaired) electrons. The fraction of sp³-hybridized carbons (Fsp3) is 0.778. The lowest BCUT2D eigenvalue weighted by molar-refractivity contribution is -0.870. The minimum atomic E-state index is -2.27. The number of aliphatic hydroxyl groups excluding tert-OH is 2. The molecule has 0 unspecified atom stereocenters. The van der Waals surface area contributed by atoms with E-state index in [4.69, 9.17) is 10.2 Å². The molecule has 0 rings (SSSR count). The molecular formula is C9H17NO6. The van der Waals surface area contributed by atoms with Crippen LogP contribution in [0.3, 0.4) is 0 Å². The average Bonchev–Trinajstić information content (AvgIpc) is 2.13. The number of quaternary nitrogens is 1. The Bertz CT molecular complexity index is 259. The number of ether oxygens (including phenoxy) is 1. The molecule has 16 heavy (non-hydrogen) atoms. The van der Waals surface area contributed by atoms with Crippen molar-refractivity contribution in [1.82, 2.24) is 0 Å². The SMILES string of the molecule is C[N+](C)(C)CCOC(=O)[C@H](O)[C@H](O)C(=O)[O-]. The van der Waals surface area contributed by atoms with Gasteiger partial charge in [-0.1, -0.05) is 0 Å². The molecule has 7 nitrogen and oxygen atoms in total. The highest BCUT2D eigenvalue weighted by molar-refractivity contribution is 5.83. The fourth-order valence-corrected chi connectivity index (χ4v) is 0.763. The Morgan fingerprint density at radius 3 is 2.12 bits per heavy atom. The van der Waals surface area contributed by atoms with Gasteiger partial charge >= 0.3 is 5.97 Å². The van der Waals surface area contributed by atoms with Crippen molar-refractivity contribution in [3.05, 3.63) is 0 Å². The second-order valence-electron chi connectivity index (χ2n) is 4.39. The first-order valence-corrected chi connectivity index (χ1v) is 4.69. The van der Waals surface area contributed by atoms with Crippen LogP contribution in [0.15, 0.2) is 0 Å². The summed E-state index contributed by atoms with van der Waals surface area (Å²) in [6.07, 6.45) is -4.38. The molecule has 0 amide bonds. The molecule has 0 aliphatic rings. The minimum Gasteiger partial charge on any atom is -0.547 e. The van der Waals surface area contributed by atoms with Crippen molar-refractivity contribution in [3.63, 3.8) is 0 Å². The van der Waals surface area contributed by atoms with E-state index in [1.54, 1.807) is 0 Å². The number of carbonyl (C=O) groups is 2. The maximum absolute atomic E-state index is 11.0. The summed E-state index contributed by atoms with van der Waals surface area (Å²) in [6.45, 7) is 0.527.